The number of hydrogen-bond donors (Lipinski definition) is 0. The highest BCUT2D eigenvalue weighted by molar-refractivity contribution is 7.98. The maximum absolute atomic E-state index is 11.5. The number of nitriles is 1. The van der Waals surface area contributed by atoms with Crippen LogP contribution >= 0.6 is 11.8 Å². The van der Waals surface area contributed by atoms with Crippen LogP contribution in [0.1, 0.15) is 13.8 Å². The molecule has 4 heteroatoms. The number of amides is 1. The highest BCUT2D eigenvalue weighted by Gasteiger charge is 2.20. The summed E-state index contributed by atoms with van der Waals surface area (Å²) in [6, 6.07) is 2.14. The van der Waals surface area contributed by atoms with E-state index in [1.165, 1.54) is 0 Å². The van der Waals surface area contributed by atoms with Crippen molar-refractivity contribution in [3.63, 3.8) is 0 Å². The molecule has 0 saturated carbocycles. The van der Waals surface area contributed by atoms with Gasteiger partial charge in [-0.2, -0.15) is 17.0 Å². The van der Waals surface area contributed by atoms with Gasteiger partial charge in [0.2, 0.25) is 5.91 Å². The van der Waals surface area contributed by atoms with Crippen LogP contribution in [0, 0.1) is 17.2 Å². The van der Waals surface area contributed by atoms with Gasteiger partial charge in [-0.3, -0.25) is 4.79 Å². The summed E-state index contributed by atoms with van der Waals surface area (Å²) in [5, 5.41) is 8.56. The first-order valence-electron chi connectivity index (χ1n) is 4.19. The summed E-state index contributed by atoms with van der Waals surface area (Å²) in [6.07, 6.45) is 2.00. The maximum Gasteiger partial charge on any atom is 0.239 e. The molecule has 0 saturated heterocycles. The topological polar surface area (TPSA) is 44.1 Å². The second-order valence-electron chi connectivity index (χ2n) is 3.10. The van der Waals surface area contributed by atoms with Crippen molar-refractivity contribution < 1.29 is 4.79 Å². The summed E-state index contributed by atoms with van der Waals surface area (Å²) >= 11 is 1.70. The Kier molecular flexibility index (Phi) is 5.56. The Morgan fingerprint density at radius 2 is 2.15 bits per heavy atom. The number of rotatable bonds is 4. The Labute approximate surface area is 84.1 Å². The van der Waals surface area contributed by atoms with Crippen molar-refractivity contribution in [1.29, 1.82) is 5.26 Å². The fraction of sp³-hybridized carbons (Fsp3) is 0.778. The van der Waals surface area contributed by atoms with Crippen LogP contribution in [0.15, 0.2) is 0 Å². The molecule has 2 atom stereocenters. The molecular weight excluding hydrogens is 184 g/mol. The third-order valence-electron chi connectivity index (χ3n) is 1.98. The number of hydrogen-bond acceptors (Lipinski definition) is 3. The molecular formula is C9H16N2OS. The molecule has 0 aliphatic heterocycles. The van der Waals surface area contributed by atoms with Crippen LogP contribution in [0.5, 0.6) is 0 Å². The maximum atomic E-state index is 11.5. The molecule has 0 radical (unpaired) electrons. The Morgan fingerprint density at radius 1 is 1.62 bits per heavy atom. The monoisotopic (exact) mass is 200 g/mol. The van der Waals surface area contributed by atoms with Gasteiger partial charge in [0.25, 0.3) is 0 Å². The van der Waals surface area contributed by atoms with Gasteiger partial charge in [0.05, 0.1) is 6.07 Å². The first kappa shape index (κ1) is 12.3. The lowest BCUT2D eigenvalue weighted by Crippen LogP contribution is -2.39. The SMILES string of the molecule is CSCC(C)N(C)C(=O)C(C)C#N. The smallest absolute Gasteiger partial charge is 0.239 e. The predicted octanol–water partition coefficient (Wildman–Crippen LogP) is 1.36. The van der Waals surface area contributed by atoms with Crippen LogP contribution in [-0.4, -0.2) is 35.9 Å². The zero-order valence-corrected chi connectivity index (χ0v) is 9.39. The summed E-state index contributed by atoms with van der Waals surface area (Å²) < 4.78 is 0. The van der Waals surface area contributed by atoms with E-state index in [-0.39, 0.29) is 11.9 Å². The van der Waals surface area contributed by atoms with Crippen molar-refractivity contribution >= 4 is 17.7 Å². The van der Waals surface area contributed by atoms with E-state index >= 15 is 0 Å². The number of carbonyl (C=O) groups is 1. The van der Waals surface area contributed by atoms with Gasteiger partial charge in [-0.05, 0) is 20.1 Å². The van der Waals surface area contributed by atoms with E-state index in [0.717, 1.165) is 5.75 Å². The van der Waals surface area contributed by atoms with Gasteiger partial charge in [-0.1, -0.05) is 0 Å². The van der Waals surface area contributed by atoms with E-state index in [1.807, 2.05) is 19.2 Å². The molecule has 0 aliphatic carbocycles. The van der Waals surface area contributed by atoms with Crippen LogP contribution in [0.3, 0.4) is 0 Å². The first-order valence-corrected chi connectivity index (χ1v) is 5.59. The first-order chi connectivity index (χ1) is 6.04. The van der Waals surface area contributed by atoms with Crippen molar-refractivity contribution in [2.24, 2.45) is 5.92 Å². The van der Waals surface area contributed by atoms with Crippen molar-refractivity contribution in [3.8, 4) is 6.07 Å². The second-order valence-corrected chi connectivity index (χ2v) is 4.01. The molecule has 0 fully saturated rings. The van der Waals surface area contributed by atoms with E-state index < -0.39 is 5.92 Å². The zero-order chi connectivity index (χ0) is 10.4. The average Bonchev–Trinajstić information content (AvgIpc) is 2.14. The highest BCUT2D eigenvalue weighted by atomic mass is 32.2. The fourth-order valence-electron chi connectivity index (χ4n) is 0.931. The van der Waals surface area contributed by atoms with E-state index in [2.05, 4.69) is 0 Å². The van der Waals surface area contributed by atoms with Gasteiger partial charge in [0.1, 0.15) is 5.92 Å². The molecule has 0 aromatic rings. The van der Waals surface area contributed by atoms with Crippen LogP contribution in [-0.2, 0) is 4.79 Å². The lowest BCUT2D eigenvalue weighted by Gasteiger charge is -2.25. The van der Waals surface area contributed by atoms with Crippen molar-refractivity contribution in [3.05, 3.63) is 0 Å². The predicted molar refractivity (Wildman–Crippen MR) is 55.4 cm³/mol. The van der Waals surface area contributed by atoms with Gasteiger partial charge in [0.15, 0.2) is 0 Å². The molecule has 0 spiro atoms. The fourth-order valence-corrected chi connectivity index (χ4v) is 1.64. The molecule has 0 bridgehead atoms. The minimum absolute atomic E-state index is 0.0935. The van der Waals surface area contributed by atoms with Gasteiger partial charge >= 0.3 is 0 Å². The molecule has 0 aliphatic rings. The molecule has 74 valence electrons. The van der Waals surface area contributed by atoms with Gasteiger partial charge < -0.3 is 4.90 Å². The zero-order valence-electron chi connectivity index (χ0n) is 8.57. The molecule has 0 aromatic heterocycles. The summed E-state index contributed by atoms with van der Waals surface area (Å²) in [5.74, 6) is 0.277. The van der Waals surface area contributed by atoms with Gasteiger partial charge in [-0.15, -0.1) is 0 Å². The van der Waals surface area contributed by atoms with Crippen LogP contribution in [0.2, 0.25) is 0 Å². The lowest BCUT2D eigenvalue weighted by molar-refractivity contribution is -0.133. The highest BCUT2D eigenvalue weighted by Crippen LogP contribution is 2.07. The number of carbonyl (C=O) groups excluding carboxylic acids is 1. The second kappa shape index (κ2) is 5.87. The van der Waals surface area contributed by atoms with E-state index in [1.54, 1.807) is 30.6 Å². The quantitative estimate of drug-likeness (QED) is 0.688. The van der Waals surface area contributed by atoms with Gasteiger partial charge in [-0.25, -0.2) is 0 Å². The summed E-state index contributed by atoms with van der Waals surface area (Å²) in [6.45, 7) is 3.61. The van der Waals surface area contributed by atoms with E-state index in [0.29, 0.717) is 0 Å². The average molecular weight is 200 g/mol. The van der Waals surface area contributed by atoms with Crippen LogP contribution < -0.4 is 0 Å². The largest absolute Gasteiger partial charge is 0.341 e. The Hall–Kier alpha value is -0.690. The normalized spacial score (nSPS) is 14.4. The standard InChI is InChI=1S/C9H16N2OS/c1-7(5-10)9(12)11(3)8(2)6-13-4/h7-8H,6H2,1-4H3. The third-order valence-corrected chi connectivity index (χ3v) is 2.80. The Morgan fingerprint density at radius 3 is 2.54 bits per heavy atom. The summed E-state index contributed by atoms with van der Waals surface area (Å²) in [4.78, 5) is 13.1. The molecule has 1 amide bonds. The van der Waals surface area contributed by atoms with Crippen LogP contribution in [0.25, 0.3) is 0 Å². The Bertz CT molecular complexity index is 212. The van der Waals surface area contributed by atoms with E-state index in [9.17, 15) is 4.79 Å². The molecule has 2 unspecified atom stereocenters. The van der Waals surface area contributed by atoms with Crippen molar-refractivity contribution in [2.75, 3.05) is 19.1 Å². The van der Waals surface area contributed by atoms with Crippen molar-refractivity contribution in [1.82, 2.24) is 4.90 Å². The lowest BCUT2D eigenvalue weighted by atomic mass is 10.1. The summed E-state index contributed by atoms with van der Waals surface area (Å²) in [5.41, 5.74) is 0. The summed E-state index contributed by atoms with van der Waals surface area (Å²) in [7, 11) is 1.75. The molecule has 3 nitrogen and oxygen atoms in total. The van der Waals surface area contributed by atoms with Gasteiger partial charge in [0, 0.05) is 18.8 Å². The molecule has 13 heavy (non-hydrogen) atoms. The third kappa shape index (κ3) is 3.69. The number of thioether (sulfide) groups is 1. The Balaban J connectivity index is 4.18. The minimum atomic E-state index is -0.533. The van der Waals surface area contributed by atoms with E-state index in [4.69, 9.17) is 5.26 Å². The molecule has 0 N–H and O–H groups in total. The molecule has 0 aromatic carbocycles. The van der Waals surface area contributed by atoms with Crippen molar-refractivity contribution in [2.45, 2.75) is 19.9 Å². The van der Waals surface area contributed by atoms with Crippen LogP contribution in [0.4, 0.5) is 0 Å². The minimum Gasteiger partial charge on any atom is -0.341 e. The number of nitrogens with zero attached hydrogens (tertiary/aromatic N) is 2. The molecule has 0 heterocycles. The molecule has 0 rings (SSSR count).